The minimum atomic E-state index is 0.242. The fraction of sp³-hybridized carbons (Fsp3) is 0.474. The topological polar surface area (TPSA) is 94.3 Å². The van der Waals surface area contributed by atoms with Gasteiger partial charge in [0.05, 0.1) is 18.9 Å². The summed E-state index contributed by atoms with van der Waals surface area (Å²) >= 11 is 0. The summed E-state index contributed by atoms with van der Waals surface area (Å²) in [6, 6.07) is 7.90. The molecule has 2 heterocycles. The Hall–Kier alpha value is -2.38. The number of nitrogen functional groups attached to an aromatic ring is 1. The van der Waals surface area contributed by atoms with Crippen LogP contribution >= 0.6 is 0 Å². The molecular weight excluding hydrogens is 330 g/mol. The van der Waals surface area contributed by atoms with Gasteiger partial charge in [-0.1, -0.05) is 0 Å². The van der Waals surface area contributed by atoms with Gasteiger partial charge in [0.1, 0.15) is 11.6 Å². The number of nitrogens with zero attached hydrogens (tertiary/aromatic N) is 2. The van der Waals surface area contributed by atoms with E-state index in [1.807, 2.05) is 24.3 Å². The highest BCUT2D eigenvalue weighted by atomic mass is 16.5. The Labute approximate surface area is 154 Å². The molecule has 1 aliphatic rings. The number of anilines is 2. The molecule has 0 atom stereocenters. The summed E-state index contributed by atoms with van der Waals surface area (Å²) in [7, 11) is 3.49. The molecule has 0 radical (unpaired) electrons. The van der Waals surface area contributed by atoms with Gasteiger partial charge < -0.3 is 25.8 Å². The van der Waals surface area contributed by atoms with Crippen molar-refractivity contribution < 1.29 is 9.47 Å². The molecule has 0 saturated carbocycles. The van der Waals surface area contributed by atoms with Crippen LogP contribution < -0.4 is 21.1 Å². The first-order chi connectivity index (χ1) is 12.7. The van der Waals surface area contributed by atoms with Crippen molar-refractivity contribution in [2.24, 2.45) is 5.92 Å². The first-order valence-electron chi connectivity index (χ1n) is 8.97. The summed E-state index contributed by atoms with van der Waals surface area (Å²) < 4.78 is 11.5. The molecule has 2 aromatic rings. The van der Waals surface area contributed by atoms with E-state index in [2.05, 4.69) is 20.6 Å². The van der Waals surface area contributed by atoms with Crippen molar-refractivity contribution in [3.05, 3.63) is 29.8 Å². The van der Waals surface area contributed by atoms with E-state index >= 15 is 0 Å². The summed E-state index contributed by atoms with van der Waals surface area (Å²) in [4.78, 5) is 8.48. The van der Waals surface area contributed by atoms with Crippen LogP contribution in [0.4, 0.5) is 11.8 Å². The fourth-order valence-corrected chi connectivity index (χ4v) is 3.15. The Morgan fingerprint density at radius 1 is 1.23 bits per heavy atom. The zero-order chi connectivity index (χ0) is 18.4. The lowest BCUT2D eigenvalue weighted by molar-refractivity contribution is 0.173. The molecule has 0 spiro atoms. The highest BCUT2D eigenvalue weighted by Gasteiger charge is 2.15. The Balaban J connectivity index is 1.80. The van der Waals surface area contributed by atoms with E-state index in [4.69, 9.17) is 15.2 Å². The van der Waals surface area contributed by atoms with Crippen LogP contribution in [0, 0.1) is 5.92 Å². The molecule has 3 rings (SSSR count). The van der Waals surface area contributed by atoms with Crippen LogP contribution in [0.15, 0.2) is 24.3 Å². The standard InChI is InChI=1S/C19H27N5O2/c1-21-18-10-16(23-19(20)24-18)14-3-4-17(15(9-14)12-25-2)26-11-13-5-7-22-8-6-13/h3-4,9-10,13,22H,5-8,11-12H2,1-2H3,(H3,20,21,23,24). The maximum Gasteiger partial charge on any atom is 0.222 e. The van der Waals surface area contributed by atoms with Gasteiger partial charge in [-0.2, -0.15) is 4.98 Å². The van der Waals surface area contributed by atoms with Gasteiger partial charge >= 0.3 is 0 Å². The minimum Gasteiger partial charge on any atom is -0.493 e. The number of nitrogens with one attached hydrogen (secondary N) is 2. The molecule has 1 aromatic heterocycles. The van der Waals surface area contributed by atoms with Gasteiger partial charge in [-0.15, -0.1) is 0 Å². The van der Waals surface area contributed by atoms with Crippen molar-refractivity contribution >= 4 is 11.8 Å². The SMILES string of the molecule is CNc1cc(-c2ccc(OCC3CCNCC3)c(COC)c2)nc(N)n1. The minimum absolute atomic E-state index is 0.242. The summed E-state index contributed by atoms with van der Waals surface area (Å²) in [6.45, 7) is 3.36. The van der Waals surface area contributed by atoms with E-state index in [-0.39, 0.29) is 5.95 Å². The molecule has 0 aliphatic carbocycles. The molecule has 0 amide bonds. The summed E-state index contributed by atoms with van der Waals surface area (Å²) in [5.41, 5.74) is 8.54. The molecule has 7 nitrogen and oxygen atoms in total. The first kappa shape index (κ1) is 18.4. The molecule has 1 aliphatic heterocycles. The molecule has 0 bridgehead atoms. The quantitative estimate of drug-likeness (QED) is 0.700. The molecule has 7 heteroatoms. The van der Waals surface area contributed by atoms with Gasteiger partial charge in [0, 0.05) is 31.4 Å². The normalized spacial score (nSPS) is 15.0. The number of methoxy groups -OCH3 is 1. The maximum atomic E-state index is 6.11. The van der Waals surface area contributed by atoms with Crippen molar-refractivity contribution in [1.29, 1.82) is 0 Å². The van der Waals surface area contributed by atoms with Crippen molar-refractivity contribution in [3.8, 4) is 17.0 Å². The van der Waals surface area contributed by atoms with E-state index in [1.54, 1.807) is 14.2 Å². The predicted molar refractivity (Wildman–Crippen MR) is 103 cm³/mol. The number of benzene rings is 1. The van der Waals surface area contributed by atoms with Gasteiger partial charge in [0.2, 0.25) is 5.95 Å². The van der Waals surface area contributed by atoms with Gasteiger partial charge in [-0.3, -0.25) is 0 Å². The Kier molecular flexibility index (Phi) is 6.25. The molecule has 26 heavy (non-hydrogen) atoms. The van der Waals surface area contributed by atoms with Crippen LogP contribution in [-0.4, -0.2) is 43.8 Å². The average molecular weight is 357 g/mol. The Morgan fingerprint density at radius 2 is 2.04 bits per heavy atom. The third kappa shape index (κ3) is 4.62. The van der Waals surface area contributed by atoms with Crippen molar-refractivity contribution in [2.75, 3.05) is 44.9 Å². The van der Waals surface area contributed by atoms with Gasteiger partial charge in [-0.05, 0) is 50.0 Å². The number of piperidine rings is 1. The monoisotopic (exact) mass is 357 g/mol. The number of aromatic nitrogens is 2. The highest BCUT2D eigenvalue weighted by Crippen LogP contribution is 2.28. The van der Waals surface area contributed by atoms with Crippen LogP contribution in [0.3, 0.4) is 0 Å². The van der Waals surface area contributed by atoms with Crippen LogP contribution in [0.25, 0.3) is 11.3 Å². The smallest absolute Gasteiger partial charge is 0.222 e. The van der Waals surface area contributed by atoms with Crippen molar-refractivity contribution in [2.45, 2.75) is 19.4 Å². The summed E-state index contributed by atoms with van der Waals surface area (Å²) in [5, 5.41) is 6.38. The number of hydrogen-bond acceptors (Lipinski definition) is 7. The van der Waals surface area contributed by atoms with Gasteiger partial charge in [0.25, 0.3) is 0 Å². The zero-order valence-corrected chi connectivity index (χ0v) is 15.4. The number of ether oxygens (including phenoxy) is 2. The second kappa shape index (κ2) is 8.82. The summed E-state index contributed by atoms with van der Waals surface area (Å²) in [5.74, 6) is 2.40. The fourth-order valence-electron chi connectivity index (χ4n) is 3.15. The zero-order valence-electron chi connectivity index (χ0n) is 15.4. The second-order valence-electron chi connectivity index (χ2n) is 6.51. The largest absolute Gasteiger partial charge is 0.493 e. The molecule has 1 fully saturated rings. The first-order valence-corrected chi connectivity index (χ1v) is 8.97. The van der Waals surface area contributed by atoms with Gasteiger partial charge in [-0.25, -0.2) is 4.98 Å². The molecule has 1 saturated heterocycles. The van der Waals surface area contributed by atoms with Crippen LogP contribution in [0.2, 0.25) is 0 Å². The highest BCUT2D eigenvalue weighted by molar-refractivity contribution is 5.66. The third-order valence-corrected chi connectivity index (χ3v) is 4.59. The molecule has 140 valence electrons. The number of hydrogen-bond donors (Lipinski definition) is 3. The van der Waals surface area contributed by atoms with E-state index in [1.165, 1.54) is 0 Å². The molecule has 1 aromatic carbocycles. The lowest BCUT2D eigenvalue weighted by Gasteiger charge is -2.23. The van der Waals surface area contributed by atoms with Crippen molar-refractivity contribution in [1.82, 2.24) is 15.3 Å². The van der Waals surface area contributed by atoms with Crippen LogP contribution in [0.1, 0.15) is 18.4 Å². The predicted octanol–water partition coefficient (Wildman–Crippen LogP) is 2.29. The average Bonchev–Trinajstić information content (AvgIpc) is 2.67. The van der Waals surface area contributed by atoms with Gasteiger partial charge in [0.15, 0.2) is 0 Å². The van der Waals surface area contributed by atoms with Crippen molar-refractivity contribution in [3.63, 3.8) is 0 Å². The lowest BCUT2D eigenvalue weighted by atomic mass is 9.99. The van der Waals surface area contributed by atoms with E-state index in [0.29, 0.717) is 18.3 Å². The van der Waals surface area contributed by atoms with E-state index in [9.17, 15) is 0 Å². The second-order valence-corrected chi connectivity index (χ2v) is 6.51. The Bertz CT molecular complexity index is 732. The third-order valence-electron chi connectivity index (χ3n) is 4.59. The Morgan fingerprint density at radius 3 is 2.77 bits per heavy atom. The summed E-state index contributed by atoms with van der Waals surface area (Å²) in [6.07, 6.45) is 2.31. The maximum absolute atomic E-state index is 6.11. The van der Waals surface area contributed by atoms with E-state index < -0.39 is 0 Å². The molecule has 4 N–H and O–H groups in total. The van der Waals surface area contributed by atoms with Crippen LogP contribution in [-0.2, 0) is 11.3 Å². The lowest BCUT2D eigenvalue weighted by Crippen LogP contribution is -2.30. The molecule has 0 unspecified atom stereocenters. The number of nitrogens with two attached hydrogens (primary N) is 1. The molecular formula is C19H27N5O2. The number of rotatable bonds is 7. The van der Waals surface area contributed by atoms with E-state index in [0.717, 1.165) is 55.1 Å². The van der Waals surface area contributed by atoms with Crippen LogP contribution in [0.5, 0.6) is 5.75 Å².